The van der Waals surface area contributed by atoms with Crippen molar-refractivity contribution in [1.82, 2.24) is 15.5 Å². The summed E-state index contributed by atoms with van der Waals surface area (Å²) < 4.78 is 11.5. The van der Waals surface area contributed by atoms with E-state index in [0.29, 0.717) is 43.9 Å². The van der Waals surface area contributed by atoms with Crippen LogP contribution in [0.2, 0.25) is 0 Å². The first-order valence-corrected chi connectivity index (χ1v) is 18.2. The van der Waals surface area contributed by atoms with Gasteiger partial charge >= 0.3 is 5.97 Å². The molecule has 5 aliphatic rings. The number of esters is 1. The number of fused-ring (bicyclic) bond motifs is 1. The highest BCUT2D eigenvalue weighted by molar-refractivity contribution is 6.04. The van der Waals surface area contributed by atoms with Gasteiger partial charge in [-0.3, -0.25) is 20.3 Å². The Morgan fingerprint density at radius 1 is 1.22 bits per heavy atom. The highest BCUT2D eigenvalue weighted by Crippen LogP contribution is 2.62. The van der Waals surface area contributed by atoms with Crippen molar-refractivity contribution in [3.05, 3.63) is 59.4 Å². The summed E-state index contributed by atoms with van der Waals surface area (Å²) in [6.07, 6.45) is 7.15. The number of rotatable bonds is 10. The molecular formula is C39H54N6O6. The first kappa shape index (κ1) is 37.1. The molecule has 12 nitrogen and oxygen atoms in total. The van der Waals surface area contributed by atoms with E-state index in [1.165, 1.54) is 0 Å². The Hall–Kier alpha value is -3.68. The Morgan fingerprint density at radius 3 is 2.59 bits per heavy atom. The zero-order valence-electron chi connectivity index (χ0n) is 30.6. The van der Waals surface area contributed by atoms with Gasteiger partial charge in [-0.1, -0.05) is 38.1 Å². The van der Waals surface area contributed by atoms with Crippen LogP contribution in [0.15, 0.2) is 63.8 Å². The fraction of sp³-hybridized carbons (Fsp3) is 0.590. The van der Waals surface area contributed by atoms with Crippen LogP contribution in [0.4, 0.5) is 5.69 Å². The maximum Gasteiger partial charge on any atom is 0.341 e. The maximum atomic E-state index is 13.8. The summed E-state index contributed by atoms with van der Waals surface area (Å²) in [4.78, 5) is 39.9. The lowest BCUT2D eigenvalue weighted by Gasteiger charge is -2.62. The van der Waals surface area contributed by atoms with Gasteiger partial charge < -0.3 is 24.6 Å². The number of hydrogen-bond acceptors (Lipinski definition) is 11. The van der Waals surface area contributed by atoms with Gasteiger partial charge in [-0.25, -0.2) is 14.8 Å². The first-order valence-electron chi connectivity index (χ1n) is 18.2. The number of nitrogens with one attached hydrogen (secondary N) is 2. The van der Waals surface area contributed by atoms with Crippen molar-refractivity contribution in [2.24, 2.45) is 32.7 Å². The van der Waals surface area contributed by atoms with Crippen LogP contribution in [0.25, 0.3) is 6.08 Å². The van der Waals surface area contributed by atoms with Crippen LogP contribution in [-0.2, 0) is 19.1 Å². The van der Waals surface area contributed by atoms with Crippen molar-refractivity contribution in [2.75, 3.05) is 58.5 Å². The molecule has 1 amide bonds. The third kappa shape index (κ3) is 7.48. The Kier molecular flexibility index (Phi) is 11.0. The molecule has 1 aromatic rings. The fourth-order valence-corrected chi connectivity index (χ4v) is 9.07. The molecule has 0 radical (unpaired) electrons. The highest BCUT2D eigenvalue weighted by Gasteiger charge is 2.60. The molecule has 0 spiro atoms. The largest absolute Gasteiger partial charge is 0.423 e. The van der Waals surface area contributed by atoms with Gasteiger partial charge in [0, 0.05) is 56.6 Å². The number of amides is 1. The quantitative estimate of drug-likeness (QED) is 0.214. The number of anilines is 1. The summed E-state index contributed by atoms with van der Waals surface area (Å²) in [5.74, 6) is -0.214. The number of aliphatic hydroxyl groups excluding tert-OH is 2. The minimum Gasteiger partial charge on any atom is -0.423 e. The minimum atomic E-state index is -0.710. The van der Waals surface area contributed by atoms with E-state index in [1.54, 1.807) is 19.2 Å². The number of morpholine rings is 1. The van der Waals surface area contributed by atoms with Gasteiger partial charge in [0.05, 0.1) is 44.1 Å². The second kappa shape index (κ2) is 15.1. The number of allylic oxidation sites excluding steroid dienone is 1. The number of cyclic esters (lactones) is 1. The third-order valence-electron chi connectivity index (χ3n) is 12.2. The normalized spacial score (nSPS) is 33.0. The molecule has 4 N–H and O–H groups in total. The van der Waals surface area contributed by atoms with Crippen molar-refractivity contribution in [3.8, 4) is 0 Å². The highest BCUT2D eigenvalue weighted by atomic mass is 16.5. The summed E-state index contributed by atoms with van der Waals surface area (Å²) in [6.45, 7) is 13.9. The van der Waals surface area contributed by atoms with E-state index in [2.05, 4.69) is 32.4 Å². The molecule has 1 saturated heterocycles. The van der Waals surface area contributed by atoms with Crippen molar-refractivity contribution in [3.63, 3.8) is 0 Å². The summed E-state index contributed by atoms with van der Waals surface area (Å²) in [5.41, 5.74) is 2.41. The van der Waals surface area contributed by atoms with E-state index in [9.17, 15) is 19.8 Å². The van der Waals surface area contributed by atoms with E-state index < -0.39 is 29.6 Å². The standard InChI is InChI=1S/C39H54N6O6/c1-24-30(38(3)12-11-34(47)39(4,23-46)33(38)22-32(24)45-15-17-50-18-16-45)21-31(42-25(2)35(48)43-37-40-13-14-41-37)29-20-28(51-36(29)49)19-26-7-9-27(10-8-26)44(5)6/h7-10,13,19-20,25,30-34,42,46-47H,1,11-12,14-18,21-23H2,2-6H3,(H,41,43,48)/b28-19+/t25?,30?,31?,32?,33?,34-,38-,39+/m1/s1. The van der Waals surface area contributed by atoms with Crippen LogP contribution >= 0.6 is 0 Å². The van der Waals surface area contributed by atoms with Crippen molar-refractivity contribution in [1.29, 1.82) is 0 Å². The van der Waals surface area contributed by atoms with Crippen LogP contribution in [0, 0.1) is 22.7 Å². The molecule has 2 aliphatic carbocycles. The van der Waals surface area contributed by atoms with E-state index in [4.69, 9.17) is 16.1 Å². The number of nitrogens with zero attached hydrogens (tertiary/aromatic N) is 4. The van der Waals surface area contributed by atoms with Crippen LogP contribution in [-0.4, -0.2) is 117 Å². The Balaban J connectivity index is 1.36. The average Bonchev–Trinajstić information content (AvgIpc) is 3.77. The molecule has 6 rings (SSSR count). The van der Waals surface area contributed by atoms with Gasteiger partial charge in [-0.2, -0.15) is 0 Å². The van der Waals surface area contributed by atoms with Crippen LogP contribution in [0.3, 0.4) is 0 Å². The molecule has 3 aliphatic heterocycles. The predicted octanol–water partition coefficient (Wildman–Crippen LogP) is 2.92. The van der Waals surface area contributed by atoms with E-state index in [1.807, 2.05) is 56.3 Å². The van der Waals surface area contributed by atoms with Gasteiger partial charge in [0.25, 0.3) is 0 Å². The minimum absolute atomic E-state index is 0.0119. The molecule has 12 heteroatoms. The summed E-state index contributed by atoms with van der Waals surface area (Å²) in [7, 11) is 3.97. The first-order chi connectivity index (χ1) is 24.3. The van der Waals surface area contributed by atoms with Gasteiger partial charge in [0.15, 0.2) is 0 Å². The summed E-state index contributed by atoms with van der Waals surface area (Å²) >= 11 is 0. The molecule has 3 fully saturated rings. The van der Waals surface area contributed by atoms with E-state index in [-0.39, 0.29) is 41.8 Å². The van der Waals surface area contributed by atoms with Crippen molar-refractivity contribution in [2.45, 2.75) is 70.7 Å². The molecule has 3 heterocycles. The number of aliphatic imine (C=N–C) groups is 2. The Morgan fingerprint density at radius 2 is 1.94 bits per heavy atom. The molecule has 2 saturated carbocycles. The van der Waals surface area contributed by atoms with Gasteiger partial charge in [0.2, 0.25) is 11.9 Å². The van der Waals surface area contributed by atoms with Crippen LogP contribution < -0.4 is 15.5 Å². The number of carbonyl (C=O) groups excluding carboxylic acids is 2. The van der Waals surface area contributed by atoms with Crippen molar-refractivity contribution < 1.29 is 29.3 Å². The van der Waals surface area contributed by atoms with Crippen LogP contribution in [0.1, 0.15) is 52.0 Å². The second-order valence-corrected chi connectivity index (χ2v) is 15.5. The van der Waals surface area contributed by atoms with Gasteiger partial charge in [0.1, 0.15) is 5.76 Å². The topological polar surface area (TPSA) is 148 Å². The lowest BCUT2D eigenvalue weighted by atomic mass is 9.45. The SMILES string of the molecule is C=C1C(N2CCOCC2)CC2[C@](C)(CC[C@@H](O)[C@@]2(C)CO)C1CC(NC(C)C(=O)NC1=NCC=N1)C1=C/C(=C\c2ccc(N(C)C)cc2)OC1=O. The smallest absolute Gasteiger partial charge is 0.341 e. The molecule has 8 atom stereocenters. The number of guanidine groups is 1. The number of carbonyl (C=O) groups is 2. The lowest BCUT2D eigenvalue weighted by molar-refractivity contribution is -0.163. The lowest BCUT2D eigenvalue weighted by Crippen LogP contribution is -2.62. The maximum absolute atomic E-state index is 13.8. The third-order valence-corrected chi connectivity index (χ3v) is 12.2. The molecule has 276 valence electrons. The molecule has 1 aromatic carbocycles. The summed E-state index contributed by atoms with van der Waals surface area (Å²) in [6, 6.07) is 6.70. The Labute approximate surface area is 301 Å². The fourth-order valence-electron chi connectivity index (χ4n) is 9.07. The molecule has 0 bridgehead atoms. The number of aliphatic hydroxyl groups is 2. The zero-order chi connectivity index (χ0) is 36.5. The number of benzene rings is 1. The molecule has 51 heavy (non-hydrogen) atoms. The average molecular weight is 703 g/mol. The van der Waals surface area contributed by atoms with E-state index >= 15 is 0 Å². The van der Waals surface area contributed by atoms with Crippen LogP contribution in [0.5, 0.6) is 0 Å². The van der Waals surface area contributed by atoms with E-state index in [0.717, 1.165) is 42.8 Å². The number of ether oxygens (including phenoxy) is 2. The van der Waals surface area contributed by atoms with Crippen molar-refractivity contribution >= 4 is 35.8 Å². The van der Waals surface area contributed by atoms with Gasteiger partial charge in [-0.15, -0.1) is 0 Å². The molecular weight excluding hydrogens is 648 g/mol. The second-order valence-electron chi connectivity index (χ2n) is 15.5. The molecule has 0 aromatic heterocycles. The zero-order valence-corrected chi connectivity index (χ0v) is 30.6. The summed E-state index contributed by atoms with van der Waals surface area (Å²) in [5, 5.41) is 28.4. The molecule has 5 unspecified atom stereocenters. The Bertz CT molecular complexity index is 1610. The number of hydrogen-bond donors (Lipinski definition) is 4. The monoisotopic (exact) mass is 702 g/mol. The predicted molar refractivity (Wildman–Crippen MR) is 198 cm³/mol. The van der Waals surface area contributed by atoms with Gasteiger partial charge in [-0.05, 0) is 79.7 Å².